The summed E-state index contributed by atoms with van der Waals surface area (Å²) in [4.78, 5) is 24.7. The molecule has 4 atom stereocenters. The van der Waals surface area contributed by atoms with Crippen LogP contribution in [0.4, 0.5) is 0 Å². The predicted molar refractivity (Wildman–Crippen MR) is 102 cm³/mol. The second-order valence-electron chi connectivity index (χ2n) is 7.11. The number of carboxylic acid groups (broad SMARTS) is 1. The molecule has 1 aliphatic carbocycles. The fourth-order valence-corrected chi connectivity index (χ4v) is 5.01. The monoisotopic (exact) mass is 393 g/mol. The van der Waals surface area contributed by atoms with Crippen molar-refractivity contribution >= 4 is 35.9 Å². The first kappa shape index (κ1) is 20.1. The van der Waals surface area contributed by atoms with Gasteiger partial charge in [-0.25, -0.2) is 0 Å². The zero-order valence-corrected chi connectivity index (χ0v) is 15.7. The topological polar surface area (TPSA) is 116 Å². The van der Waals surface area contributed by atoms with Gasteiger partial charge in [0.25, 0.3) is 5.91 Å². The molecule has 3 rings (SSSR count). The third-order valence-corrected chi connectivity index (χ3v) is 6.33. The van der Waals surface area contributed by atoms with Gasteiger partial charge in [-0.05, 0) is 42.2 Å². The van der Waals surface area contributed by atoms with E-state index in [9.17, 15) is 19.7 Å². The van der Waals surface area contributed by atoms with E-state index in [1.165, 1.54) is 17.4 Å². The SMILES string of the molecule is O=C(O)C[C@@H]1OB(O)[C@@H](NC(=O)/C(=C/CO)c2cccs2)CC2CCCC21. The number of aliphatic hydroxyl groups excluding tert-OH is 1. The molecule has 0 radical (unpaired) electrons. The number of fused-ring (bicyclic) bond motifs is 1. The fourth-order valence-electron chi connectivity index (χ4n) is 4.24. The molecule has 1 amide bonds. The highest BCUT2D eigenvalue weighted by atomic mass is 32.1. The molecule has 4 N–H and O–H groups in total. The molecule has 2 unspecified atom stereocenters. The van der Waals surface area contributed by atoms with Gasteiger partial charge in [0.2, 0.25) is 0 Å². The summed E-state index contributed by atoms with van der Waals surface area (Å²) < 4.78 is 5.67. The number of aliphatic carboxylic acids is 1. The number of aliphatic hydroxyl groups is 1. The van der Waals surface area contributed by atoms with Gasteiger partial charge in [0, 0.05) is 4.88 Å². The number of hydrogen-bond acceptors (Lipinski definition) is 6. The average molecular weight is 393 g/mol. The van der Waals surface area contributed by atoms with Gasteiger partial charge < -0.3 is 25.2 Å². The van der Waals surface area contributed by atoms with Crippen molar-refractivity contribution in [2.75, 3.05) is 6.61 Å². The molecule has 27 heavy (non-hydrogen) atoms. The molecular formula is C18H24BNO6S. The van der Waals surface area contributed by atoms with Crippen LogP contribution in [0.15, 0.2) is 23.6 Å². The van der Waals surface area contributed by atoms with Crippen molar-refractivity contribution in [2.45, 2.75) is 44.1 Å². The maximum Gasteiger partial charge on any atom is 0.478 e. The van der Waals surface area contributed by atoms with Gasteiger partial charge in [0.15, 0.2) is 0 Å². The standard InChI is InChI=1S/C18H24BNO6S/c21-7-6-13(15-5-2-8-27-15)18(24)20-16-9-11-3-1-4-12(11)14(10-17(22)23)26-19(16)25/h2,5-6,8,11-12,14,16,21,25H,1,3-4,7,9-10H2,(H,20,24)(H,22,23)/b13-6+/t11?,12?,14-,16-/m0/s1. The summed E-state index contributed by atoms with van der Waals surface area (Å²) in [7, 11) is -1.26. The van der Waals surface area contributed by atoms with Crippen molar-refractivity contribution in [3.8, 4) is 0 Å². The Hall–Kier alpha value is -1.68. The van der Waals surface area contributed by atoms with Crippen molar-refractivity contribution in [1.82, 2.24) is 5.32 Å². The summed E-state index contributed by atoms with van der Waals surface area (Å²) >= 11 is 1.39. The Morgan fingerprint density at radius 3 is 2.89 bits per heavy atom. The molecule has 9 heteroatoms. The Balaban J connectivity index is 1.75. The molecule has 1 aliphatic heterocycles. The van der Waals surface area contributed by atoms with Crippen LogP contribution in [0.3, 0.4) is 0 Å². The largest absolute Gasteiger partial charge is 0.481 e. The van der Waals surface area contributed by atoms with E-state index in [1.54, 1.807) is 6.07 Å². The Labute approximate surface area is 162 Å². The van der Waals surface area contributed by atoms with Crippen LogP contribution in [0.5, 0.6) is 0 Å². The lowest BCUT2D eigenvalue weighted by Gasteiger charge is -2.24. The van der Waals surface area contributed by atoms with Gasteiger partial charge in [-0.1, -0.05) is 18.9 Å². The zero-order chi connectivity index (χ0) is 19.4. The minimum absolute atomic E-state index is 0.0856. The zero-order valence-electron chi connectivity index (χ0n) is 14.9. The highest BCUT2D eigenvalue weighted by Crippen LogP contribution is 2.41. The molecule has 0 spiro atoms. The number of hydrogen-bond donors (Lipinski definition) is 4. The minimum atomic E-state index is -1.26. The third-order valence-electron chi connectivity index (χ3n) is 5.43. The number of carbonyl (C=O) groups is 2. The van der Waals surface area contributed by atoms with E-state index < -0.39 is 25.1 Å². The molecule has 146 valence electrons. The number of nitrogens with one attached hydrogen (secondary N) is 1. The maximum absolute atomic E-state index is 12.8. The number of rotatable bonds is 6. The lowest BCUT2D eigenvalue weighted by Crippen LogP contribution is -2.48. The first-order valence-corrected chi connectivity index (χ1v) is 10.1. The van der Waals surface area contributed by atoms with Crippen LogP contribution in [-0.2, 0) is 14.2 Å². The van der Waals surface area contributed by atoms with Gasteiger partial charge in [-0.2, -0.15) is 0 Å². The minimum Gasteiger partial charge on any atom is -0.481 e. The lowest BCUT2D eigenvalue weighted by atomic mass is 9.74. The van der Waals surface area contributed by atoms with Crippen molar-refractivity contribution in [2.24, 2.45) is 11.8 Å². The van der Waals surface area contributed by atoms with Crippen LogP contribution in [0.25, 0.3) is 5.57 Å². The summed E-state index contributed by atoms with van der Waals surface area (Å²) in [5.41, 5.74) is 0.356. The molecule has 1 saturated carbocycles. The highest BCUT2D eigenvalue weighted by Gasteiger charge is 2.45. The van der Waals surface area contributed by atoms with Crippen molar-refractivity contribution < 1.29 is 29.5 Å². The van der Waals surface area contributed by atoms with E-state index in [0.29, 0.717) is 12.0 Å². The molecule has 0 aromatic carbocycles. The number of carbonyl (C=O) groups excluding carboxylic acids is 1. The van der Waals surface area contributed by atoms with Crippen LogP contribution in [0, 0.1) is 11.8 Å². The second-order valence-corrected chi connectivity index (χ2v) is 8.06. The highest BCUT2D eigenvalue weighted by molar-refractivity contribution is 7.11. The molecule has 1 aromatic rings. The molecule has 2 fully saturated rings. The number of carboxylic acids is 1. The van der Waals surface area contributed by atoms with Gasteiger partial charge in [-0.3, -0.25) is 9.59 Å². The summed E-state index contributed by atoms with van der Waals surface area (Å²) in [6, 6.07) is 3.61. The Kier molecular flexibility index (Phi) is 6.70. The summed E-state index contributed by atoms with van der Waals surface area (Å²) in [5.74, 6) is -1.66. The lowest BCUT2D eigenvalue weighted by molar-refractivity contribution is -0.139. The Morgan fingerprint density at radius 2 is 2.22 bits per heavy atom. The number of amides is 1. The van der Waals surface area contributed by atoms with E-state index in [4.69, 9.17) is 9.76 Å². The first-order chi connectivity index (χ1) is 13.0. The molecule has 2 aliphatic rings. The average Bonchev–Trinajstić information content (AvgIpc) is 3.27. The summed E-state index contributed by atoms with van der Waals surface area (Å²) in [5, 5.41) is 33.6. The van der Waals surface area contributed by atoms with Crippen molar-refractivity contribution in [1.29, 1.82) is 0 Å². The van der Waals surface area contributed by atoms with Crippen molar-refractivity contribution in [3.63, 3.8) is 0 Å². The van der Waals surface area contributed by atoms with Crippen LogP contribution in [0.2, 0.25) is 0 Å². The summed E-state index contributed by atoms with van der Waals surface area (Å²) in [6.45, 7) is -0.268. The first-order valence-electron chi connectivity index (χ1n) is 9.20. The summed E-state index contributed by atoms with van der Waals surface area (Å²) in [6.07, 6.45) is 4.10. The van der Waals surface area contributed by atoms with E-state index in [2.05, 4.69) is 5.32 Å². The molecule has 2 heterocycles. The predicted octanol–water partition coefficient (Wildman–Crippen LogP) is 1.31. The maximum atomic E-state index is 12.8. The van der Waals surface area contributed by atoms with Gasteiger partial charge >= 0.3 is 13.1 Å². The normalized spacial score (nSPS) is 28.5. The van der Waals surface area contributed by atoms with Gasteiger partial charge in [0.1, 0.15) is 0 Å². The van der Waals surface area contributed by atoms with Gasteiger partial charge in [-0.15, -0.1) is 11.3 Å². The van der Waals surface area contributed by atoms with E-state index >= 15 is 0 Å². The Morgan fingerprint density at radius 1 is 1.41 bits per heavy atom. The molecule has 7 nitrogen and oxygen atoms in total. The molecule has 0 bridgehead atoms. The fraction of sp³-hybridized carbons (Fsp3) is 0.556. The van der Waals surface area contributed by atoms with Crippen LogP contribution < -0.4 is 5.32 Å². The molecular weight excluding hydrogens is 369 g/mol. The van der Waals surface area contributed by atoms with Gasteiger partial charge in [0.05, 0.1) is 30.6 Å². The Bertz CT molecular complexity index is 694. The smallest absolute Gasteiger partial charge is 0.478 e. The molecule has 1 saturated heterocycles. The van der Waals surface area contributed by atoms with Crippen molar-refractivity contribution in [3.05, 3.63) is 28.5 Å². The van der Waals surface area contributed by atoms with Crippen LogP contribution in [0.1, 0.15) is 37.0 Å². The quantitative estimate of drug-likeness (QED) is 0.428. The van der Waals surface area contributed by atoms with E-state index in [-0.39, 0.29) is 30.8 Å². The molecule has 1 aromatic heterocycles. The van der Waals surface area contributed by atoms with Crippen LogP contribution in [-0.4, -0.2) is 52.9 Å². The van der Waals surface area contributed by atoms with Crippen LogP contribution >= 0.6 is 11.3 Å². The van der Waals surface area contributed by atoms with E-state index in [0.717, 1.165) is 24.1 Å². The third kappa shape index (κ3) is 4.79. The van der Waals surface area contributed by atoms with E-state index in [1.807, 2.05) is 11.4 Å². The second kappa shape index (κ2) is 9.01. The number of thiophene rings is 1.